The Bertz CT molecular complexity index is 1500. The molecule has 37 heavy (non-hydrogen) atoms. The normalized spacial score (nSPS) is 15.5. The molecule has 0 radical (unpaired) electrons. The Labute approximate surface area is 208 Å². The van der Waals surface area contributed by atoms with Crippen molar-refractivity contribution in [1.82, 2.24) is 14.5 Å². The molecule has 7 nitrogen and oxygen atoms in total. The molecule has 4 aromatic rings. The summed E-state index contributed by atoms with van der Waals surface area (Å²) in [4.78, 5) is 27.2. The molecule has 5 rings (SSSR count). The molecule has 1 aliphatic rings. The number of fused-ring (bicyclic) bond motifs is 1. The van der Waals surface area contributed by atoms with E-state index in [4.69, 9.17) is 9.57 Å². The molecule has 0 bridgehead atoms. The van der Waals surface area contributed by atoms with Crippen LogP contribution in [0.15, 0.2) is 65.6 Å². The van der Waals surface area contributed by atoms with Crippen LogP contribution >= 0.6 is 0 Å². The van der Waals surface area contributed by atoms with Gasteiger partial charge in [0, 0.05) is 25.5 Å². The van der Waals surface area contributed by atoms with E-state index in [9.17, 15) is 22.4 Å². The predicted molar refractivity (Wildman–Crippen MR) is 128 cm³/mol. The Kier molecular flexibility index (Phi) is 6.32. The van der Waals surface area contributed by atoms with E-state index in [0.717, 1.165) is 17.7 Å². The van der Waals surface area contributed by atoms with Gasteiger partial charge in [-0.1, -0.05) is 36.4 Å². The molecule has 0 unspecified atom stereocenters. The summed E-state index contributed by atoms with van der Waals surface area (Å²) < 4.78 is 61.0. The van der Waals surface area contributed by atoms with Crippen molar-refractivity contribution in [3.8, 4) is 5.75 Å². The molecule has 2 aromatic carbocycles. The zero-order chi connectivity index (χ0) is 26.2. The standard InChI is InChI=1S/C26H22F4N4O3/c1-16-31-20-14-22(35)34(25(10-12-36-13-11-25)17-6-3-2-4-7-17)15-18(20)24(32-16)33-37-21-9-5-8-19(23(21)27)26(28,29)30/h2-9,14-15H,10-13H2,1H3,(H,31,32,33). The fourth-order valence-electron chi connectivity index (χ4n) is 4.67. The molecule has 11 heteroatoms. The second kappa shape index (κ2) is 9.47. The van der Waals surface area contributed by atoms with Crippen molar-refractivity contribution in [2.75, 3.05) is 18.7 Å². The summed E-state index contributed by atoms with van der Waals surface area (Å²) in [5, 5.41) is 0.374. The zero-order valence-electron chi connectivity index (χ0n) is 19.7. The van der Waals surface area contributed by atoms with Crippen molar-refractivity contribution >= 4 is 16.7 Å². The highest BCUT2D eigenvalue weighted by atomic mass is 19.4. The van der Waals surface area contributed by atoms with Crippen molar-refractivity contribution in [2.45, 2.75) is 31.5 Å². The third-order valence-corrected chi connectivity index (χ3v) is 6.46. The lowest BCUT2D eigenvalue weighted by atomic mass is 9.82. The van der Waals surface area contributed by atoms with Gasteiger partial charge in [0.1, 0.15) is 5.82 Å². The van der Waals surface area contributed by atoms with Crippen LogP contribution in [0.3, 0.4) is 0 Å². The zero-order valence-corrected chi connectivity index (χ0v) is 19.7. The van der Waals surface area contributed by atoms with Crippen molar-refractivity contribution in [3.05, 3.63) is 93.9 Å². The molecule has 1 N–H and O–H groups in total. The molecule has 192 valence electrons. The minimum atomic E-state index is -4.88. The average Bonchev–Trinajstić information content (AvgIpc) is 2.87. The predicted octanol–water partition coefficient (Wildman–Crippen LogP) is 5.22. The van der Waals surface area contributed by atoms with Crippen LogP contribution in [0.2, 0.25) is 0 Å². The number of anilines is 1. The first kappa shape index (κ1) is 24.7. The summed E-state index contributed by atoms with van der Waals surface area (Å²) in [6.07, 6.45) is -2.19. The highest BCUT2D eigenvalue weighted by Crippen LogP contribution is 2.37. The molecule has 0 saturated carbocycles. The number of alkyl halides is 3. The Morgan fingerprint density at radius 3 is 2.49 bits per heavy atom. The van der Waals surface area contributed by atoms with Gasteiger partial charge in [-0.2, -0.15) is 13.2 Å². The first-order chi connectivity index (χ1) is 17.7. The second-order valence-electron chi connectivity index (χ2n) is 8.73. The van der Waals surface area contributed by atoms with E-state index < -0.39 is 28.8 Å². The first-order valence-electron chi connectivity index (χ1n) is 11.5. The summed E-state index contributed by atoms with van der Waals surface area (Å²) >= 11 is 0. The maximum atomic E-state index is 14.5. The van der Waals surface area contributed by atoms with Crippen LogP contribution in [0.5, 0.6) is 5.75 Å². The van der Waals surface area contributed by atoms with E-state index in [2.05, 4.69) is 15.4 Å². The first-order valence-corrected chi connectivity index (χ1v) is 11.5. The molecular weight excluding hydrogens is 492 g/mol. The maximum absolute atomic E-state index is 14.5. The van der Waals surface area contributed by atoms with Gasteiger partial charge in [-0.25, -0.2) is 19.8 Å². The minimum Gasteiger partial charge on any atom is -0.381 e. The summed E-state index contributed by atoms with van der Waals surface area (Å²) in [6.45, 7) is 2.49. The van der Waals surface area contributed by atoms with E-state index in [1.54, 1.807) is 17.7 Å². The van der Waals surface area contributed by atoms with Gasteiger partial charge in [0.25, 0.3) is 5.56 Å². The molecule has 0 spiro atoms. The van der Waals surface area contributed by atoms with Gasteiger partial charge in [0.15, 0.2) is 17.4 Å². The highest BCUT2D eigenvalue weighted by molar-refractivity contribution is 5.88. The number of benzene rings is 2. The number of nitrogens with zero attached hydrogens (tertiary/aromatic N) is 3. The molecule has 0 atom stereocenters. The number of ether oxygens (including phenoxy) is 1. The van der Waals surface area contributed by atoms with Crippen LogP contribution in [0.25, 0.3) is 10.9 Å². The van der Waals surface area contributed by atoms with Crippen molar-refractivity contribution in [2.24, 2.45) is 0 Å². The molecule has 0 amide bonds. The number of aryl methyl sites for hydroxylation is 1. The third-order valence-electron chi connectivity index (χ3n) is 6.46. The van der Waals surface area contributed by atoms with Crippen molar-refractivity contribution in [3.63, 3.8) is 0 Å². The van der Waals surface area contributed by atoms with Gasteiger partial charge in [-0.3, -0.25) is 4.79 Å². The summed E-state index contributed by atoms with van der Waals surface area (Å²) in [5.41, 5.74) is 1.28. The van der Waals surface area contributed by atoms with E-state index in [1.165, 1.54) is 6.07 Å². The Hall–Kier alpha value is -3.99. The van der Waals surface area contributed by atoms with Gasteiger partial charge < -0.3 is 14.1 Å². The lowest BCUT2D eigenvalue weighted by Gasteiger charge is -2.39. The molecule has 1 saturated heterocycles. The fourth-order valence-corrected chi connectivity index (χ4v) is 4.67. The Morgan fingerprint density at radius 2 is 1.78 bits per heavy atom. The van der Waals surface area contributed by atoms with Crippen LogP contribution < -0.4 is 15.9 Å². The Balaban J connectivity index is 1.60. The number of pyridine rings is 1. The van der Waals surface area contributed by atoms with Crippen LogP contribution in [0, 0.1) is 12.7 Å². The molecule has 2 aromatic heterocycles. The summed E-state index contributed by atoms with van der Waals surface area (Å²) in [7, 11) is 0. The smallest absolute Gasteiger partial charge is 0.381 e. The van der Waals surface area contributed by atoms with Gasteiger partial charge in [0.05, 0.1) is 22.0 Å². The number of aromatic nitrogens is 3. The van der Waals surface area contributed by atoms with Crippen LogP contribution in [-0.2, 0) is 16.5 Å². The van der Waals surface area contributed by atoms with Crippen molar-refractivity contribution in [1.29, 1.82) is 0 Å². The molecule has 0 aliphatic carbocycles. The van der Waals surface area contributed by atoms with Gasteiger partial charge in [-0.05, 0) is 37.5 Å². The van der Waals surface area contributed by atoms with E-state index >= 15 is 0 Å². The van der Waals surface area contributed by atoms with Gasteiger partial charge >= 0.3 is 6.18 Å². The SMILES string of the molecule is Cc1nc(NOc2cccc(C(F)(F)F)c2F)c2cn(C3(c4ccccc4)CCOCC3)c(=O)cc2n1. The molecule has 3 heterocycles. The van der Waals surface area contributed by atoms with Crippen LogP contribution in [-0.4, -0.2) is 27.7 Å². The molecule has 1 aliphatic heterocycles. The highest BCUT2D eigenvalue weighted by Gasteiger charge is 2.38. The molecular formula is C26H22F4N4O3. The number of halogens is 4. The number of nitrogens with one attached hydrogen (secondary N) is 1. The van der Waals surface area contributed by atoms with E-state index in [1.807, 2.05) is 30.3 Å². The largest absolute Gasteiger partial charge is 0.419 e. The average molecular weight is 514 g/mol. The van der Waals surface area contributed by atoms with Crippen molar-refractivity contribution < 1.29 is 27.1 Å². The van der Waals surface area contributed by atoms with Gasteiger partial charge in [-0.15, -0.1) is 0 Å². The Morgan fingerprint density at radius 1 is 1.05 bits per heavy atom. The lowest BCUT2D eigenvalue weighted by Crippen LogP contribution is -2.45. The number of hydrogen-bond acceptors (Lipinski definition) is 6. The third kappa shape index (κ3) is 4.62. The van der Waals surface area contributed by atoms with Crippen LogP contribution in [0.4, 0.5) is 23.4 Å². The lowest BCUT2D eigenvalue weighted by molar-refractivity contribution is -0.140. The van der Waals surface area contributed by atoms with Crippen LogP contribution in [0.1, 0.15) is 29.8 Å². The second-order valence-corrected chi connectivity index (χ2v) is 8.73. The maximum Gasteiger partial charge on any atom is 0.419 e. The topological polar surface area (TPSA) is 78.3 Å². The van der Waals surface area contributed by atoms with E-state index in [-0.39, 0.29) is 17.2 Å². The summed E-state index contributed by atoms with van der Waals surface area (Å²) in [5.74, 6) is -1.86. The summed E-state index contributed by atoms with van der Waals surface area (Å²) in [6, 6.07) is 13.7. The molecule has 1 fully saturated rings. The number of rotatable bonds is 5. The fraction of sp³-hybridized carbons (Fsp3) is 0.269. The van der Waals surface area contributed by atoms with E-state index in [0.29, 0.717) is 43.0 Å². The van der Waals surface area contributed by atoms with Gasteiger partial charge in [0.2, 0.25) is 0 Å². The number of hydrogen-bond donors (Lipinski definition) is 1. The minimum absolute atomic E-state index is 0.0725. The quantitative estimate of drug-likeness (QED) is 0.291. The monoisotopic (exact) mass is 514 g/mol.